The van der Waals surface area contributed by atoms with Crippen LogP contribution in [0.1, 0.15) is 19.2 Å². The van der Waals surface area contributed by atoms with E-state index in [2.05, 4.69) is 33.1 Å². The Labute approximate surface area is 103 Å². The second-order valence-corrected chi connectivity index (χ2v) is 4.82. The van der Waals surface area contributed by atoms with E-state index in [4.69, 9.17) is 5.73 Å². The molecule has 0 fully saturated rings. The van der Waals surface area contributed by atoms with Crippen molar-refractivity contribution >= 4 is 21.6 Å². The van der Waals surface area contributed by atoms with E-state index in [9.17, 15) is 0 Å². The summed E-state index contributed by atoms with van der Waals surface area (Å²) in [7, 11) is 0. The van der Waals surface area contributed by atoms with E-state index >= 15 is 0 Å². The molecule has 0 saturated carbocycles. The summed E-state index contributed by atoms with van der Waals surface area (Å²) in [6.45, 7) is 2.84. The van der Waals surface area contributed by atoms with Gasteiger partial charge in [-0.05, 0) is 40.5 Å². The molecule has 0 aliphatic carbocycles. The van der Waals surface area contributed by atoms with Crippen LogP contribution < -0.4 is 5.73 Å². The number of hydrogen-bond acceptors (Lipinski definition) is 3. The van der Waals surface area contributed by atoms with Gasteiger partial charge in [0.25, 0.3) is 0 Å². The molecule has 0 amide bonds. The van der Waals surface area contributed by atoms with Crippen molar-refractivity contribution in [3.8, 4) is 0 Å². The summed E-state index contributed by atoms with van der Waals surface area (Å²) >= 11 is 3.45. The number of hydrogen-bond donors (Lipinski definition) is 1. The highest BCUT2D eigenvalue weighted by Crippen LogP contribution is 2.15. The number of rotatable bonds is 4. The lowest BCUT2D eigenvalue weighted by Crippen LogP contribution is -2.17. The van der Waals surface area contributed by atoms with Gasteiger partial charge >= 0.3 is 0 Å². The maximum absolute atomic E-state index is 5.71. The van der Waals surface area contributed by atoms with Gasteiger partial charge in [0.2, 0.25) is 0 Å². The van der Waals surface area contributed by atoms with Crippen LogP contribution in [0.3, 0.4) is 0 Å². The maximum atomic E-state index is 5.71. The quantitative estimate of drug-likeness (QED) is 0.934. The normalized spacial score (nSPS) is 13.2. The van der Waals surface area contributed by atoms with E-state index in [0.717, 1.165) is 28.8 Å². The third kappa shape index (κ3) is 2.25. The molecule has 2 aromatic heterocycles. The lowest BCUT2D eigenvalue weighted by molar-refractivity contribution is 0.503. The highest BCUT2D eigenvalue weighted by molar-refractivity contribution is 9.10. The van der Waals surface area contributed by atoms with Gasteiger partial charge in [-0.3, -0.25) is 4.40 Å². The largest absolute Gasteiger partial charge is 0.330 e. The Kier molecular flexibility index (Phi) is 3.56. The number of pyridine rings is 1. The molecule has 2 aromatic rings. The number of halogens is 1. The molecule has 0 aromatic carbocycles. The van der Waals surface area contributed by atoms with Crippen molar-refractivity contribution in [1.82, 2.24) is 14.6 Å². The van der Waals surface area contributed by atoms with Crippen LogP contribution in [0.15, 0.2) is 22.8 Å². The number of nitrogens with two attached hydrogens (primary N) is 1. The Bertz CT molecular complexity index is 476. The standard InChI is InChI=1S/C11H15BrN4/c1-2-8(6-13)5-11-15-14-10-4-3-9(12)7-16(10)11/h3-4,7-8H,2,5-6,13H2,1H3. The molecule has 0 bridgehead atoms. The molecule has 0 radical (unpaired) electrons. The second-order valence-electron chi connectivity index (χ2n) is 3.91. The molecule has 1 atom stereocenters. The number of nitrogens with zero attached hydrogens (tertiary/aromatic N) is 3. The smallest absolute Gasteiger partial charge is 0.160 e. The molecule has 86 valence electrons. The molecule has 0 aliphatic heterocycles. The Hall–Kier alpha value is -0.940. The van der Waals surface area contributed by atoms with Gasteiger partial charge in [-0.25, -0.2) is 0 Å². The van der Waals surface area contributed by atoms with Crippen molar-refractivity contribution in [3.05, 3.63) is 28.6 Å². The SMILES string of the molecule is CCC(CN)Cc1nnc2ccc(Br)cn12. The average molecular weight is 283 g/mol. The monoisotopic (exact) mass is 282 g/mol. The molecule has 5 heteroatoms. The molecule has 4 nitrogen and oxygen atoms in total. The summed E-state index contributed by atoms with van der Waals surface area (Å²) in [5, 5.41) is 8.34. The lowest BCUT2D eigenvalue weighted by Gasteiger charge is -2.10. The molecule has 0 spiro atoms. The van der Waals surface area contributed by atoms with Gasteiger partial charge in [-0.1, -0.05) is 13.3 Å². The first-order chi connectivity index (χ1) is 7.74. The zero-order valence-electron chi connectivity index (χ0n) is 9.23. The Morgan fingerprint density at radius 3 is 2.94 bits per heavy atom. The summed E-state index contributed by atoms with van der Waals surface area (Å²) in [5.74, 6) is 1.46. The van der Waals surface area contributed by atoms with E-state index in [1.165, 1.54) is 0 Å². The van der Waals surface area contributed by atoms with E-state index in [1.54, 1.807) is 0 Å². The fourth-order valence-electron chi connectivity index (χ4n) is 1.70. The van der Waals surface area contributed by atoms with E-state index in [0.29, 0.717) is 12.5 Å². The van der Waals surface area contributed by atoms with Gasteiger partial charge in [0, 0.05) is 17.1 Å². The van der Waals surface area contributed by atoms with Crippen LogP contribution in [0.25, 0.3) is 5.65 Å². The summed E-state index contributed by atoms with van der Waals surface area (Å²) in [6.07, 6.45) is 3.94. The molecule has 2 N–H and O–H groups in total. The van der Waals surface area contributed by atoms with Crippen LogP contribution in [-0.4, -0.2) is 21.1 Å². The van der Waals surface area contributed by atoms with Crippen molar-refractivity contribution in [2.75, 3.05) is 6.54 Å². The molecule has 0 saturated heterocycles. The van der Waals surface area contributed by atoms with Gasteiger partial charge in [-0.2, -0.15) is 0 Å². The van der Waals surface area contributed by atoms with Crippen LogP contribution in [0.2, 0.25) is 0 Å². The van der Waals surface area contributed by atoms with Crippen LogP contribution in [-0.2, 0) is 6.42 Å². The molecular formula is C11H15BrN4. The minimum Gasteiger partial charge on any atom is -0.330 e. The van der Waals surface area contributed by atoms with Crippen molar-refractivity contribution in [2.24, 2.45) is 11.7 Å². The van der Waals surface area contributed by atoms with Crippen molar-refractivity contribution in [3.63, 3.8) is 0 Å². The number of fused-ring (bicyclic) bond motifs is 1. The third-order valence-corrected chi connectivity index (χ3v) is 3.29. The van der Waals surface area contributed by atoms with Crippen LogP contribution >= 0.6 is 15.9 Å². The first kappa shape index (κ1) is 11.5. The summed E-state index contributed by atoms with van der Waals surface area (Å²) in [6, 6.07) is 3.91. The minimum absolute atomic E-state index is 0.478. The first-order valence-corrected chi connectivity index (χ1v) is 6.23. The zero-order chi connectivity index (χ0) is 11.5. The molecule has 1 unspecified atom stereocenters. The van der Waals surface area contributed by atoms with Crippen molar-refractivity contribution in [2.45, 2.75) is 19.8 Å². The lowest BCUT2D eigenvalue weighted by atomic mass is 10.0. The average Bonchev–Trinajstić information content (AvgIpc) is 2.68. The summed E-state index contributed by atoms with van der Waals surface area (Å²) in [4.78, 5) is 0. The molecule has 0 aliphatic rings. The maximum Gasteiger partial charge on any atom is 0.160 e. The Morgan fingerprint density at radius 1 is 1.44 bits per heavy atom. The minimum atomic E-state index is 0.478. The Morgan fingerprint density at radius 2 is 2.25 bits per heavy atom. The molecule has 2 heterocycles. The van der Waals surface area contributed by atoms with Gasteiger partial charge < -0.3 is 5.73 Å². The van der Waals surface area contributed by atoms with Crippen molar-refractivity contribution < 1.29 is 0 Å². The summed E-state index contributed by atoms with van der Waals surface area (Å²) < 4.78 is 3.05. The molecule has 16 heavy (non-hydrogen) atoms. The highest BCUT2D eigenvalue weighted by atomic mass is 79.9. The first-order valence-electron chi connectivity index (χ1n) is 5.43. The second kappa shape index (κ2) is 4.93. The molecule has 2 rings (SSSR count). The van der Waals surface area contributed by atoms with E-state index in [1.807, 2.05) is 22.7 Å². The fraction of sp³-hybridized carbons (Fsp3) is 0.455. The third-order valence-electron chi connectivity index (χ3n) is 2.82. The zero-order valence-corrected chi connectivity index (χ0v) is 10.8. The van der Waals surface area contributed by atoms with E-state index in [-0.39, 0.29) is 0 Å². The fourth-order valence-corrected chi connectivity index (χ4v) is 2.04. The Balaban J connectivity index is 2.33. The van der Waals surface area contributed by atoms with E-state index < -0.39 is 0 Å². The van der Waals surface area contributed by atoms with Crippen LogP contribution in [0, 0.1) is 5.92 Å². The van der Waals surface area contributed by atoms with Crippen molar-refractivity contribution in [1.29, 1.82) is 0 Å². The van der Waals surface area contributed by atoms with Gasteiger partial charge in [-0.15, -0.1) is 10.2 Å². The van der Waals surface area contributed by atoms with Crippen LogP contribution in [0.5, 0.6) is 0 Å². The molecular weight excluding hydrogens is 268 g/mol. The highest BCUT2D eigenvalue weighted by Gasteiger charge is 2.11. The predicted molar refractivity (Wildman–Crippen MR) is 67.2 cm³/mol. The van der Waals surface area contributed by atoms with Gasteiger partial charge in [0.05, 0.1) is 0 Å². The summed E-state index contributed by atoms with van der Waals surface area (Å²) in [5.41, 5.74) is 6.59. The number of aromatic nitrogens is 3. The topological polar surface area (TPSA) is 56.2 Å². The van der Waals surface area contributed by atoms with Gasteiger partial charge in [0.15, 0.2) is 5.65 Å². The van der Waals surface area contributed by atoms with Crippen LogP contribution in [0.4, 0.5) is 0 Å². The van der Waals surface area contributed by atoms with Gasteiger partial charge in [0.1, 0.15) is 5.82 Å². The predicted octanol–water partition coefficient (Wildman–Crippen LogP) is 2.02.